The van der Waals surface area contributed by atoms with E-state index in [1.165, 1.54) is 0 Å². The van der Waals surface area contributed by atoms with Crippen molar-refractivity contribution in [2.24, 2.45) is 39.6 Å². The second-order valence-corrected chi connectivity index (χ2v) is 8.42. The van der Waals surface area contributed by atoms with E-state index in [0.717, 1.165) is 0 Å². The Morgan fingerprint density at radius 3 is 1.81 bits per heavy atom. The summed E-state index contributed by atoms with van der Waals surface area (Å²) in [7, 11) is 0. The number of nitrogens with zero attached hydrogens (tertiary/aromatic N) is 1. The fourth-order valence-corrected chi connectivity index (χ4v) is 2.96. The highest BCUT2D eigenvalue weighted by atomic mass is 16.4. The molecule has 0 aromatic carbocycles. The third kappa shape index (κ3) is 13.1. The van der Waals surface area contributed by atoms with Gasteiger partial charge in [-0.05, 0) is 25.2 Å². The molecule has 0 heterocycles. The van der Waals surface area contributed by atoms with Crippen LogP contribution in [0.25, 0.3) is 0 Å². The Kier molecular flexibility index (Phi) is 14.1. The van der Waals surface area contributed by atoms with Crippen molar-refractivity contribution < 1.29 is 33.9 Å². The minimum atomic E-state index is -1.35. The summed E-state index contributed by atoms with van der Waals surface area (Å²) in [4.78, 5) is 75.7. The van der Waals surface area contributed by atoms with E-state index in [1.54, 1.807) is 13.8 Å². The summed E-state index contributed by atoms with van der Waals surface area (Å²) in [5.74, 6) is -6.04. The Hall–Kier alpha value is -3.95. The number of aliphatic carboxylic acids is 1. The summed E-state index contributed by atoms with van der Waals surface area (Å²) in [6.45, 7) is 3.31. The smallest absolute Gasteiger partial charge is 0.326 e. The van der Waals surface area contributed by atoms with Crippen LogP contribution < -0.4 is 44.6 Å². The molecule has 0 aliphatic heterocycles. The summed E-state index contributed by atoms with van der Waals surface area (Å²) < 4.78 is 0. The van der Waals surface area contributed by atoms with Crippen molar-refractivity contribution in [1.82, 2.24) is 16.0 Å². The van der Waals surface area contributed by atoms with Gasteiger partial charge in [0.05, 0.1) is 12.5 Å². The van der Waals surface area contributed by atoms with Gasteiger partial charge < -0.3 is 49.7 Å². The molecule has 16 heteroatoms. The summed E-state index contributed by atoms with van der Waals surface area (Å²) in [6.07, 6.45) is -0.771. The maximum Gasteiger partial charge on any atom is 0.326 e. The van der Waals surface area contributed by atoms with Gasteiger partial charge >= 0.3 is 5.97 Å². The van der Waals surface area contributed by atoms with Crippen LogP contribution in [0, 0.1) is 5.92 Å². The number of aliphatic imine (C=N–C) groups is 1. The second-order valence-electron chi connectivity index (χ2n) is 8.42. The number of rotatable bonds is 17. The van der Waals surface area contributed by atoms with Crippen LogP contribution in [-0.4, -0.2) is 77.3 Å². The lowest BCUT2D eigenvalue weighted by Crippen LogP contribution is -2.57. The molecule has 204 valence electrons. The Labute approximate surface area is 208 Å². The first-order valence-corrected chi connectivity index (χ1v) is 11.2. The number of nitrogens with one attached hydrogen (secondary N) is 3. The van der Waals surface area contributed by atoms with Crippen LogP contribution in [0.15, 0.2) is 4.99 Å². The van der Waals surface area contributed by atoms with E-state index >= 15 is 0 Å². The molecule has 0 aliphatic rings. The monoisotopic (exact) mass is 515 g/mol. The van der Waals surface area contributed by atoms with E-state index in [2.05, 4.69) is 20.9 Å². The Bertz CT molecular complexity index is 843. The number of nitrogens with two attached hydrogens (primary N) is 5. The second kappa shape index (κ2) is 15.9. The average molecular weight is 516 g/mol. The summed E-state index contributed by atoms with van der Waals surface area (Å²) in [5.41, 5.74) is 26.3. The average Bonchev–Trinajstić information content (AvgIpc) is 2.75. The van der Waals surface area contributed by atoms with E-state index in [4.69, 9.17) is 28.7 Å². The lowest BCUT2D eigenvalue weighted by atomic mass is 10.0. The highest BCUT2D eigenvalue weighted by molar-refractivity contribution is 5.95. The zero-order chi connectivity index (χ0) is 28.0. The standard InChI is InChI=1S/C20H37N9O7/c1-9(2)15(19(35)36)29-18(34)11(4-3-7-26-20(24)25)28-17(33)12(5-6-13(22)30)27-16(32)10(21)8-14(23)31/h9-12,15H,3-8,21H2,1-2H3,(H2,22,30)(H2,23,31)(H,27,32)(H,28,33)(H,29,34)(H,35,36)(H4,24,25,26). The van der Waals surface area contributed by atoms with Gasteiger partial charge in [0.2, 0.25) is 29.5 Å². The number of carboxylic acids is 1. The molecule has 0 fully saturated rings. The first kappa shape index (κ1) is 32.0. The third-order valence-electron chi connectivity index (χ3n) is 4.88. The number of hydrogen-bond acceptors (Lipinski definition) is 8. The van der Waals surface area contributed by atoms with Crippen LogP contribution in [0.2, 0.25) is 0 Å². The number of hydrogen-bond donors (Lipinski definition) is 9. The van der Waals surface area contributed by atoms with Crippen LogP contribution in [-0.2, 0) is 28.8 Å². The minimum Gasteiger partial charge on any atom is -0.480 e. The highest BCUT2D eigenvalue weighted by Crippen LogP contribution is 2.07. The Balaban J connectivity index is 5.70. The van der Waals surface area contributed by atoms with Crippen molar-refractivity contribution in [2.75, 3.05) is 6.54 Å². The van der Waals surface area contributed by atoms with Gasteiger partial charge in [0.15, 0.2) is 5.96 Å². The van der Waals surface area contributed by atoms with Gasteiger partial charge in [-0.1, -0.05) is 13.8 Å². The Morgan fingerprint density at radius 1 is 0.806 bits per heavy atom. The lowest BCUT2D eigenvalue weighted by Gasteiger charge is -2.26. The van der Waals surface area contributed by atoms with Crippen molar-refractivity contribution in [3.8, 4) is 0 Å². The lowest BCUT2D eigenvalue weighted by molar-refractivity contribution is -0.143. The van der Waals surface area contributed by atoms with E-state index in [9.17, 15) is 33.9 Å². The first-order valence-electron chi connectivity index (χ1n) is 11.2. The van der Waals surface area contributed by atoms with E-state index < -0.39 is 72.0 Å². The molecule has 0 saturated carbocycles. The molecular formula is C20H37N9O7. The zero-order valence-corrected chi connectivity index (χ0v) is 20.4. The number of carbonyl (C=O) groups excluding carboxylic acids is 5. The molecule has 14 N–H and O–H groups in total. The molecule has 4 unspecified atom stereocenters. The van der Waals surface area contributed by atoms with Crippen LogP contribution in [0.4, 0.5) is 0 Å². The van der Waals surface area contributed by atoms with Crippen LogP contribution >= 0.6 is 0 Å². The van der Waals surface area contributed by atoms with Crippen LogP contribution in [0.1, 0.15) is 46.0 Å². The molecule has 36 heavy (non-hydrogen) atoms. The summed E-state index contributed by atoms with van der Waals surface area (Å²) in [6, 6.07) is -5.17. The molecule has 0 aliphatic carbocycles. The zero-order valence-electron chi connectivity index (χ0n) is 20.4. The van der Waals surface area contributed by atoms with Crippen molar-refractivity contribution in [1.29, 1.82) is 0 Å². The number of guanidine groups is 1. The third-order valence-corrected chi connectivity index (χ3v) is 4.88. The molecule has 0 radical (unpaired) electrons. The van der Waals surface area contributed by atoms with E-state index in [-0.39, 0.29) is 38.2 Å². The molecular weight excluding hydrogens is 478 g/mol. The topological polar surface area (TPSA) is 301 Å². The van der Waals surface area contributed by atoms with Gasteiger partial charge in [0.1, 0.15) is 18.1 Å². The highest BCUT2D eigenvalue weighted by Gasteiger charge is 2.31. The van der Waals surface area contributed by atoms with Crippen molar-refractivity contribution in [3.05, 3.63) is 0 Å². The van der Waals surface area contributed by atoms with Crippen molar-refractivity contribution in [2.45, 2.75) is 70.1 Å². The summed E-state index contributed by atoms with van der Waals surface area (Å²) >= 11 is 0. The summed E-state index contributed by atoms with van der Waals surface area (Å²) in [5, 5.41) is 16.5. The Morgan fingerprint density at radius 2 is 1.33 bits per heavy atom. The fourth-order valence-electron chi connectivity index (χ4n) is 2.96. The van der Waals surface area contributed by atoms with Gasteiger partial charge in [-0.15, -0.1) is 0 Å². The molecule has 0 spiro atoms. The molecule has 0 bridgehead atoms. The van der Waals surface area contributed by atoms with Crippen molar-refractivity contribution >= 4 is 41.5 Å². The fraction of sp³-hybridized carbons (Fsp3) is 0.650. The molecule has 0 aromatic rings. The van der Waals surface area contributed by atoms with Gasteiger partial charge in [-0.3, -0.25) is 29.0 Å². The molecule has 0 rings (SSSR count). The maximum absolute atomic E-state index is 13.0. The van der Waals surface area contributed by atoms with Gasteiger partial charge in [-0.25, -0.2) is 4.79 Å². The molecule has 0 saturated heterocycles. The van der Waals surface area contributed by atoms with Crippen LogP contribution in [0.5, 0.6) is 0 Å². The van der Waals surface area contributed by atoms with Crippen LogP contribution in [0.3, 0.4) is 0 Å². The quantitative estimate of drug-likeness (QED) is 0.0509. The number of primary amides is 2. The first-order chi connectivity index (χ1) is 16.6. The van der Waals surface area contributed by atoms with Crippen molar-refractivity contribution in [3.63, 3.8) is 0 Å². The predicted molar refractivity (Wildman–Crippen MR) is 128 cm³/mol. The molecule has 5 amide bonds. The SMILES string of the molecule is CC(C)C(NC(=O)C(CCCN=C(N)N)NC(=O)C(CCC(N)=O)NC(=O)C(N)CC(N)=O)C(=O)O. The largest absolute Gasteiger partial charge is 0.480 e. The number of amides is 5. The number of carbonyl (C=O) groups is 6. The minimum absolute atomic E-state index is 0.0104. The normalized spacial score (nSPS) is 14.0. The van der Waals surface area contributed by atoms with Gasteiger partial charge in [0, 0.05) is 13.0 Å². The molecule has 0 aromatic heterocycles. The number of carboxylic acid groups (broad SMARTS) is 1. The van der Waals surface area contributed by atoms with E-state index in [1.807, 2.05) is 0 Å². The molecule has 16 nitrogen and oxygen atoms in total. The maximum atomic E-state index is 13.0. The molecule has 4 atom stereocenters. The van der Waals surface area contributed by atoms with E-state index in [0.29, 0.717) is 0 Å². The van der Waals surface area contributed by atoms with Gasteiger partial charge in [-0.2, -0.15) is 0 Å². The predicted octanol–water partition coefficient (Wildman–Crippen LogP) is -4.30. The van der Waals surface area contributed by atoms with Gasteiger partial charge in [0.25, 0.3) is 0 Å².